The Kier molecular flexibility index (Phi) is 8.24. The maximum Gasteiger partial charge on any atom is 0.308 e. The van der Waals surface area contributed by atoms with Crippen LogP contribution in [0.3, 0.4) is 0 Å². The lowest BCUT2D eigenvalue weighted by Gasteiger charge is -2.12. The Labute approximate surface area is 193 Å². The van der Waals surface area contributed by atoms with Crippen molar-refractivity contribution >= 4 is 17.8 Å². The maximum absolute atomic E-state index is 12.6. The van der Waals surface area contributed by atoms with Crippen LogP contribution < -0.4 is 18.9 Å². The van der Waals surface area contributed by atoms with E-state index in [2.05, 4.69) is 0 Å². The number of para-hydroxylation sites is 2. The molecule has 0 radical (unpaired) electrons. The molecule has 3 rings (SSSR count). The predicted molar refractivity (Wildman–Crippen MR) is 126 cm³/mol. The Hall–Kier alpha value is -4.06. The first-order valence-electron chi connectivity index (χ1n) is 10.4. The van der Waals surface area contributed by atoms with Gasteiger partial charge in [-0.15, -0.1) is 0 Å². The Morgan fingerprint density at radius 3 is 2.12 bits per heavy atom. The van der Waals surface area contributed by atoms with Gasteiger partial charge in [0, 0.05) is 13.3 Å². The van der Waals surface area contributed by atoms with Crippen molar-refractivity contribution in [3.63, 3.8) is 0 Å². The van der Waals surface area contributed by atoms with E-state index >= 15 is 0 Å². The monoisotopic (exact) mass is 446 g/mol. The number of allylic oxidation sites excluding steroid dienone is 1. The van der Waals surface area contributed by atoms with Gasteiger partial charge in [-0.3, -0.25) is 9.59 Å². The third-order valence-corrected chi connectivity index (χ3v) is 4.84. The molecule has 3 aromatic rings. The van der Waals surface area contributed by atoms with Gasteiger partial charge in [-0.1, -0.05) is 48.5 Å². The Morgan fingerprint density at radius 1 is 0.788 bits per heavy atom. The van der Waals surface area contributed by atoms with Crippen molar-refractivity contribution < 1.29 is 28.5 Å². The van der Waals surface area contributed by atoms with Gasteiger partial charge in [0.2, 0.25) is 0 Å². The van der Waals surface area contributed by atoms with Gasteiger partial charge in [0.1, 0.15) is 6.61 Å². The second kappa shape index (κ2) is 11.5. The summed E-state index contributed by atoms with van der Waals surface area (Å²) in [6.07, 6.45) is 3.43. The Morgan fingerprint density at radius 2 is 1.42 bits per heavy atom. The fraction of sp³-hybridized carbons (Fsp3) is 0.185. The summed E-state index contributed by atoms with van der Waals surface area (Å²) in [7, 11) is 3.09. The molecule has 33 heavy (non-hydrogen) atoms. The van der Waals surface area contributed by atoms with Crippen LogP contribution in [0, 0.1) is 0 Å². The largest absolute Gasteiger partial charge is 0.493 e. The van der Waals surface area contributed by atoms with Gasteiger partial charge in [-0.05, 0) is 47.0 Å². The number of ether oxygens (including phenoxy) is 4. The zero-order valence-corrected chi connectivity index (χ0v) is 18.9. The molecule has 0 N–H and O–H groups in total. The fourth-order valence-corrected chi connectivity index (χ4v) is 3.23. The minimum Gasteiger partial charge on any atom is -0.493 e. The zero-order valence-electron chi connectivity index (χ0n) is 18.9. The van der Waals surface area contributed by atoms with Crippen molar-refractivity contribution in [2.75, 3.05) is 14.2 Å². The van der Waals surface area contributed by atoms with Crippen molar-refractivity contribution in [3.8, 4) is 23.0 Å². The minimum atomic E-state index is -0.447. The third-order valence-electron chi connectivity index (χ3n) is 4.84. The molecule has 0 bridgehead atoms. The molecule has 0 heterocycles. The van der Waals surface area contributed by atoms with E-state index in [0.29, 0.717) is 35.2 Å². The number of methoxy groups -OCH3 is 2. The molecule has 3 aromatic carbocycles. The number of hydrogen-bond acceptors (Lipinski definition) is 6. The van der Waals surface area contributed by atoms with Crippen LogP contribution in [0.25, 0.3) is 6.08 Å². The molecule has 6 nitrogen and oxygen atoms in total. The van der Waals surface area contributed by atoms with Gasteiger partial charge in [0.15, 0.2) is 28.8 Å². The van der Waals surface area contributed by atoms with Gasteiger partial charge < -0.3 is 18.9 Å². The van der Waals surface area contributed by atoms with Gasteiger partial charge in [-0.25, -0.2) is 0 Å². The molecule has 0 atom stereocenters. The summed E-state index contributed by atoms with van der Waals surface area (Å²) in [5.74, 6) is 1.53. The second-order valence-electron chi connectivity index (χ2n) is 7.19. The van der Waals surface area contributed by atoms with E-state index in [9.17, 15) is 9.59 Å². The van der Waals surface area contributed by atoms with Crippen molar-refractivity contribution in [1.29, 1.82) is 0 Å². The first-order valence-corrected chi connectivity index (χ1v) is 10.4. The molecule has 0 aliphatic carbocycles. The van der Waals surface area contributed by atoms with E-state index in [1.807, 2.05) is 48.5 Å². The van der Waals surface area contributed by atoms with Crippen molar-refractivity contribution in [2.45, 2.75) is 20.0 Å². The zero-order chi connectivity index (χ0) is 23.6. The molecule has 0 amide bonds. The topological polar surface area (TPSA) is 71.1 Å². The summed E-state index contributed by atoms with van der Waals surface area (Å²) in [4.78, 5) is 23.9. The van der Waals surface area contributed by atoms with E-state index in [0.717, 1.165) is 11.1 Å². The maximum atomic E-state index is 12.6. The molecule has 0 spiro atoms. The number of carbonyl (C=O) groups is 2. The van der Waals surface area contributed by atoms with Crippen LogP contribution in [-0.2, 0) is 22.6 Å². The average Bonchev–Trinajstić information content (AvgIpc) is 2.82. The molecule has 0 unspecified atom stereocenters. The lowest BCUT2D eigenvalue weighted by Crippen LogP contribution is -2.05. The summed E-state index contributed by atoms with van der Waals surface area (Å²) in [6, 6.07) is 20.2. The van der Waals surface area contributed by atoms with E-state index in [-0.39, 0.29) is 12.2 Å². The van der Waals surface area contributed by atoms with Gasteiger partial charge >= 0.3 is 5.97 Å². The SMILES string of the molecule is COc1ccccc1OCc1ccccc1CC(=O)/C=C/c1ccc(OC)c(OC(C)=O)c1. The van der Waals surface area contributed by atoms with Crippen LogP contribution >= 0.6 is 0 Å². The van der Waals surface area contributed by atoms with Gasteiger partial charge in [0.05, 0.1) is 14.2 Å². The highest BCUT2D eigenvalue weighted by Gasteiger charge is 2.10. The lowest BCUT2D eigenvalue weighted by molar-refractivity contribution is -0.132. The van der Waals surface area contributed by atoms with Crippen LogP contribution in [0.15, 0.2) is 72.8 Å². The van der Waals surface area contributed by atoms with Crippen LogP contribution in [-0.4, -0.2) is 26.0 Å². The van der Waals surface area contributed by atoms with Gasteiger partial charge in [0.25, 0.3) is 0 Å². The third kappa shape index (κ3) is 6.71. The van der Waals surface area contributed by atoms with Crippen molar-refractivity contribution in [1.82, 2.24) is 0 Å². The number of benzene rings is 3. The predicted octanol–water partition coefficient (Wildman–Crippen LogP) is 5.03. The highest BCUT2D eigenvalue weighted by molar-refractivity contribution is 5.95. The van der Waals surface area contributed by atoms with E-state index in [1.165, 1.54) is 20.1 Å². The minimum absolute atomic E-state index is 0.0652. The van der Waals surface area contributed by atoms with Crippen LogP contribution in [0.1, 0.15) is 23.6 Å². The standard InChI is InChI=1S/C27H26O6/c1-19(28)33-27-16-20(13-15-25(27)31-3)12-14-23(29)17-21-8-4-5-9-22(21)18-32-26-11-7-6-10-24(26)30-2/h4-16H,17-18H2,1-3H3/b14-12+. The van der Waals surface area contributed by atoms with Crippen molar-refractivity contribution in [3.05, 3.63) is 89.5 Å². The quantitative estimate of drug-likeness (QED) is 0.247. The van der Waals surface area contributed by atoms with Gasteiger partial charge in [-0.2, -0.15) is 0 Å². The summed E-state index contributed by atoms with van der Waals surface area (Å²) in [5, 5.41) is 0. The highest BCUT2D eigenvalue weighted by Crippen LogP contribution is 2.29. The van der Waals surface area contributed by atoms with E-state index < -0.39 is 5.97 Å². The van der Waals surface area contributed by atoms with Crippen molar-refractivity contribution in [2.24, 2.45) is 0 Å². The van der Waals surface area contributed by atoms with E-state index in [1.54, 1.807) is 31.4 Å². The molecule has 0 saturated carbocycles. The number of carbonyl (C=O) groups excluding carboxylic acids is 2. The summed E-state index contributed by atoms with van der Waals surface area (Å²) >= 11 is 0. The summed E-state index contributed by atoms with van der Waals surface area (Å²) in [6.45, 7) is 1.64. The molecule has 0 aromatic heterocycles. The number of hydrogen-bond donors (Lipinski definition) is 0. The number of ketones is 1. The molecule has 0 aliphatic rings. The smallest absolute Gasteiger partial charge is 0.308 e. The average molecular weight is 446 g/mol. The number of rotatable bonds is 10. The lowest BCUT2D eigenvalue weighted by atomic mass is 10.0. The molecular formula is C27H26O6. The normalized spacial score (nSPS) is 10.6. The molecular weight excluding hydrogens is 420 g/mol. The highest BCUT2D eigenvalue weighted by atomic mass is 16.6. The van der Waals surface area contributed by atoms with E-state index in [4.69, 9.17) is 18.9 Å². The van der Waals surface area contributed by atoms with Crippen LogP contribution in [0.2, 0.25) is 0 Å². The second-order valence-corrected chi connectivity index (χ2v) is 7.19. The summed E-state index contributed by atoms with van der Waals surface area (Å²) < 4.78 is 21.6. The van der Waals surface area contributed by atoms with Crippen LogP contribution in [0.4, 0.5) is 0 Å². The molecule has 170 valence electrons. The van der Waals surface area contributed by atoms with Crippen LogP contribution in [0.5, 0.6) is 23.0 Å². The molecule has 0 saturated heterocycles. The Bertz CT molecular complexity index is 1150. The Balaban J connectivity index is 1.68. The molecule has 6 heteroatoms. The first kappa shape index (κ1) is 23.6. The fourth-order valence-electron chi connectivity index (χ4n) is 3.23. The molecule has 0 fully saturated rings. The summed E-state index contributed by atoms with van der Waals surface area (Å²) in [5.41, 5.74) is 2.53. The first-order chi connectivity index (χ1) is 16.0. The number of esters is 1. The molecule has 0 aliphatic heterocycles.